The first-order chi connectivity index (χ1) is 9.02. The van der Waals surface area contributed by atoms with Crippen LogP contribution in [0.3, 0.4) is 0 Å². The highest BCUT2D eigenvalue weighted by atomic mass is 31.2. The standard InChI is InChI=1S/C13H25O5P/c1-4-11-12(6-8-15-11)18-19(3,14)17-9-13-10(2)5-7-16-13/h10-13H,4-9H2,1-3H3/t10-,11+,12-,13+,19+/m0/s1. The fraction of sp³-hybridized carbons (Fsp3) is 1.00. The van der Waals surface area contributed by atoms with Crippen molar-refractivity contribution < 1.29 is 23.1 Å². The topological polar surface area (TPSA) is 54.0 Å². The Morgan fingerprint density at radius 3 is 2.53 bits per heavy atom. The van der Waals surface area contributed by atoms with E-state index in [4.69, 9.17) is 18.5 Å². The molecule has 2 aliphatic rings. The Hall–Kier alpha value is 0.0700. The molecule has 0 aromatic heterocycles. The Kier molecular flexibility index (Phi) is 5.44. The van der Waals surface area contributed by atoms with Gasteiger partial charge >= 0.3 is 7.60 Å². The van der Waals surface area contributed by atoms with Gasteiger partial charge in [0, 0.05) is 26.3 Å². The molecule has 0 unspecified atom stereocenters. The van der Waals surface area contributed by atoms with E-state index in [0.29, 0.717) is 19.1 Å². The summed E-state index contributed by atoms with van der Waals surface area (Å²) in [6.07, 6.45) is 2.67. The first kappa shape index (κ1) is 15.5. The zero-order chi connectivity index (χ0) is 13.9. The number of ether oxygens (including phenoxy) is 2. The number of hydrogen-bond acceptors (Lipinski definition) is 5. The fourth-order valence-electron chi connectivity index (χ4n) is 2.58. The average Bonchev–Trinajstić information content (AvgIpc) is 2.95. The molecule has 0 aliphatic carbocycles. The van der Waals surface area contributed by atoms with E-state index in [2.05, 4.69) is 6.92 Å². The predicted octanol–water partition coefficient (Wildman–Crippen LogP) is 2.84. The van der Waals surface area contributed by atoms with Gasteiger partial charge in [0.05, 0.1) is 24.9 Å². The van der Waals surface area contributed by atoms with Gasteiger partial charge in [-0.25, -0.2) is 0 Å². The predicted molar refractivity (Wildman–Crippen MR) is 72.5 cm³/mol. The molecule has 0 bridgehead atoms. The summed E-state index contributed by atoms with van der Waals surface area (Å²) in [5, 5.41) is 0. The van der Waals surface area contributed by atoms with Crippen LogP contribution in [0.1, 0.15) is 33.1 Å². The van der Waals surface area contributed by atoms with Crippen LogP contribution >= 0.6 is 7.60 Å². The first-order valence-electron chi connectivity index (χ1n) is 7.15. The van der Waals surface area contributed by atoms with Crippen LogP contribution in [0, 0.1) is 5.92 Å². The molecule has 2 aliphatic heterocycles. The maximum absolute atomic E-state index is 12.3. The van der Waals surface area contributed by atoms with Gasteiger partial charge in [0.25, 0.3) is 0 Å². The van der Waals surface area contributed by atoms with Gasteiger partial charge < -0.3 is 18.5 Å². The molecular formula is C13H25O5P. The quantitative estimate of drug-likeness (QED) is 0.705. The minimum atomic E-state index is -3.03. The normalized spacial score (nSPS) is 38.5. The van der Waals surface area contributed by atoms with Gasteiger partial charge in [0.15, 0.2) is 0 Å². The van der Waals surface area contributed by atoms with Crippen LogP contribution in [0.4, 0.5) is 0 Å². The van der Waals surface area contributed by atoms with Gasteiger partial charge in [-0.15, -0.1) is 0 Å². The van der Waals surface area contributed by atoms with Gasteiger partial charge in [-0.2, -0.15) is 0 Å². The smallest absolute Gasteiger partial charge is 0.328 e. The molecular weight excluding hydrogens is 267 g/mol. The Morgan fingerprint density at radius 2 is 1.89 bits per heavy atom. The summed E-state index contributed by atoms with van der Waals surface area (Å²) in [5.41, 5.74) is 0. The van der Waals surface area contributed by atoms with E-state index in [0.717, 1.165) is 25.9 Å². The van der Waals surface area contributed by atoms with Crippen LogP contribution in [0.15, 0.2) is 0 Å². The van der Waals surface area contributed by atoms with Crippen molar-refractivity contribution in [1.29, 1.82) is 0 Å². The average molecular weight is 292 g/mol. The largest absolute Gasteiger partial charge is 0.376 e. The summed E-state index contributed by atoms with van der Waals surface area (Å²) in [7, 11) is -3.03. The zero-order valence-electron chi connectivity index (χ0n) is 12.0. The van der Waals surface area contributed by atoms with Crippen LogP contribution in [-0.2, 0) is 23.1 Å². The lowest BCUT2D eigenvalue weighted by molar-refractivity contribution is 0.0242. The van der Waals surface area contributed by atoms with Crippen molar-refractivity contribution in [3.8, 4) is 0 Å². The monoisotopic (exact) mass is 292 g/mol. The molecule has 2 heterocycles. The summed E-state index contributed by atoms with van der Waals surface area (Å²) < 4.78 is 34.6. The van der Waals surface area contributed by atoms with Gasteiger partial charge in [-0.1, -0.05) is 13.8 Å². The lowest BCUT2D eigenvalue weighted by atomic mass is 10.1. The second-order valence-corrected chi connectivity index (χ2v) is 7.50. The molecule has 5 nitrogen and oxygen atoms in total. The summed E-state index contributed by atoms with van der Waals surface area (Å²) >= 11 is 0. The van der Waals surface area contributed by atoms with Crippen LogP contribution in [-0.4, -0.2) is 44.8 Å². The summed E-state index contributed by atoms with van der Waals surface area (Å²) in [6, 6.07) is 0. The molecule has 0 aromatic rings. The van der Waals surface area contributed by atoms with Crippen molar-refractivity contribution in [3.05, 3.63) is 0 Å². The van der Waals surface area contributed by atoms with E-state index in [1.54, 1.807) is 0 Å². The van der Waals surface area contributed by atoms with Gasteiger partial charge in [0.2, 0.25) is 0 Å². The van der Waals surface area contributed by atoms with Gasteiger partial charge in [0.1, 0.15) is 0 Å². The van der Waals surface area contributed by atoms with Crippen LogP contribution < -0.4 is 0 Å². The Bertz CT molecular complexity index is 335. The molecule has 5 atom stereocenters. The number of rotatable bonds is 6. The van der Waals surface area contributed by atoms with Crippen LogP contribution in [0.5, 0.6) is 0 Å². The third-order valence-corrected chi connectivity index (χ3v) is 5.16. The van der Waals surface area contributed by atoms with Crippen molar-refractivity contribution in [3.63, 3.8) is 0 Å². The zero-order valence-corrected chi connectivity index (χ0v) is 12.9. The highest BCUT2D eigenvalue weighted by molar-refractivity contribution is 7.53. The summed E-state index contributed by atoms with van der Waals surface area (Å²) in [6.45, 7) is 7.49. The molecule has 0 spiro atoms. The van der Waals surface area contributed by atoms with Gasteiger partial charge in [-0.3, -0.25) is 4.57 Å². The second-order valence-electron chi connectivity index (χ2n) is 5.49. The first-order valence-corrected chi connectivity index (χ1v) is 9.14. The van der Waals surface area contributed by atoms with Crippen LogP contribution in [0.2, 0.25) is 0 Å². The molecule has 19 heavy (non-hydrogen) atoms. The van der Waals surface area contributed by atoms with E-state index in [9.17, 15) is 4.57 Å². The highest BCUT2D eigenvalue weighted by Crippen LogP contribution is 2.48. The van der Waals surface area contributed by atoms with E-state index in [1.165, 1.54) is 6.66 Å². The molecule has 112 valence electrons. The molecule has 0 radical (unpaired) electrons. The second kappa shape index (κ2) is 6.68. The highest BCUT2D eigenvalue weighted by Gasteiger charge is 2.34. The van der Waals surface area contributed by atoms with E-state index < -0.39 is 7.60 Å². The Balaban J connectivity index is 1.79. The molecule has 6 heteroatoms. The van der Waals surface area contributed by atoms with Crippen molar-refractivity contribution >= 4 is 7.60 Å². The van der Waals surface area contributed by atoms with Crippen molar-refractivity contribution in [1.82, 2.24) is 0 Å². The fourth-order valence-corrected chi connectivity index (χ4v) is 3.79. The maximum atomic E-state index is 12.3. The van der Waals surface area contributed by atoms with Crippen LogP contribution in [0.25, 0.3) is 0 Å². The molecule has 0 saturated carbocycles. The van der Waals surface area contributed by atoms with Crippen molar-refractivity contribution in [2.75, 3.05) is 26.5 Å². The third-order valence-electron chi connectivity index (χ3n) is 3.89. The maximum Gasteiger partial charge on any atom is 0.328 e. The third kappa shape index (κ3) is 4.27. The molecule has 2 rings (SSSR count). The van der Waals surface area contributed by atoms with Gasteiger partial charge in [-0.05, 0) is 18.8 Å². The van der Waals surface area contributed by atoms with Crippen molar-refractivity contribution in [2.45, 2.75) is 51.4 Å². The van der Waals surface area contributed by atoms with E-state index >= 15 is 0 Å². The molecule has 0 aromatic carbocycles. The Morgan fingerprint density at radius 1 is 1.21 bits per heavy atom. The van der Waals surface area contributed by atoms with E-state index in [1.807, 2.05) is 6.92 Å². The SMILES string of the molecule is CC[C@H]1OCC[C@@H]1O[P@](C)(=O)OC[C@H]1OCC[C@@H]1C. The molecule has 2 saturated heterocycles. The minimum Gasteiger partial charge on any atom is -0.376 e. The molecule has 2 fully saturated rings. The lowest BCUT2D eigenvalue weighted by Crippen LogP contribution is -2.24. The Labute approximate surface area is 115 Å². The molecule has 0 N–H and O–H groups in total. The summed E-state index contributed by atoms with van der Waals surface area (Å²) in [4.78, 5) is 0. The van der Waals surface area contributed by atoms with E-state index in [-0.39, 0.29) is 18.3 Å². The minimum absolute atomic E-state index is 0.0403. The number of hydrogen-bond donors (Lipinski definition) is 0. The summed E-state index contributed by atoms with van der Waals surface area (Å²) in [5.74, 6) is 0.457. The van der Waals surface area contributed by atoms with Crippen molar-refractivity contribution in [2.24, 2.45) is 5.92 Å². The lowest BCUT2D eigenvalue weighted by Gasteiger charge is -2.23. The molecule has 0 amide bonds.